The Labute approximate surface area is 189 Å². The molecule has 7 heteroatoms. The lowest BCUT2D eigenvalue weighted by Crippen LogP contribution is -2.39. The third-order valence-corrected chi connectivity index (χ3v) is 6.70. The predicted octanol–water partition coefficient (Wildman–Crippen LogP) is 4.46. The smallest absolute Gasteiger partial charge is 0.264 e. The van der Waals surface area contributed by atoms with Crippen LogP contribution in [0.4, 0.5) is 5.69 Å². The van der Waals surface area contributed by atoms with Crippen molar-refractivity contribution in [2.24, 2.45) is 5.10 Å². The molecule has 3 rings (SSSR count). The van der Waals surface area contributed by atoms with E-state index < -0.39 is 22.5 Å². The largest absolute Gasteiger partial charge is 0.271 e. The van der Waals surface area contributed by atoms with Crippen LogP contribution in [0.5, 0.6) is 0 Å². The van der Waals surface area contributed by atoms with Gasteiger partial charge in [-0.25, -0.2) is 13.8 Å². The van der Waals surface area contributed by atoms with Gasteiger partial charge in [-0.2, -0.15) is 5.10 Å². The van der Waals surface area contributed by atoms with E-state index in [2.05, 4.69) is 24.4 Å². The first-order valence-corrected chi connectivity index (χ1v) is 11.8. The van der Waals surface area contributed by atoms with Crippen molar-refractivity contribution in [1.82, 2.24) is 5.43 Å². The van der Waals surface area contributed by atoms with Crippen LogP contribution < -0.4 is 9.73 Å². The van der Waals surface area contributed by atoms with E-state index in [1.165, 1.54) is 18.3 Å². The molecule has 6 nitrogen and oxygen atoms in total. The lowest BCUT2D eigenvalue weighted by molar-refractivity contribution is -0.119. The molecule has 0 aliphatic rings. The van der Waals surface area contributed by atoms with Gasteiger partial charge in [-0.15, -0.1) is 0 Å². The minimum Gasteiger partial charge on any atom is -0.271 e. The summed E-state index contributed by atoms with van der Waals surface area (Å²) in [5.74, 6) is -0.233. The van der Waals surface area contributed by atoms with Gasteiger partial charge in [-0.1, -0.05) is 74.0 Å². The van der Waals surface area contributed by atoms with Gasteiger partial charge in [0, 0.05) is 0 Å². The lowest BCUT2D eigenvalue weighted by Gasteiger charge is -2.24. The monoisotopic (exact) mass is 449 g/mol. The number of nitrogens with one attached hydrogen (secondary N) is 1. The van der Waals surface area contributed by atoms with Crippen molar-refractivity contribution in [2.75, 3.05) is 10.8 Å². The van der Waals surface area contributed by atoms with Gasteiger partial charge in [0.15, 0.2) is 0 Å². The number of sulfonamides is 1. The van der Waals surface area contributed by atoms with Crippen molar-refractivity contribution >= 4 is 27.8 Å². The second-order valence-electron chi connectivity index (χ2n) is 7.78. The fourth-order valence-corrected chi connectivity index (χ4v) is 4.60. The van der Waals surface area contributed by atoms with E-state index in [0.29, 0.717) is 11.6 Å². The Balaban J connectivity index is 1.84. The summed E-state index contributed by atoms with van der Waals surface area (Å²) in [6.07, 6.45) is 1.53. The van der Waals surface area contributed by atoms with Crippen LogP contribution in [0.15, 0.2) is 88.9 Å². The standard InChI is InChI=1S/C25H27N3O3S/c1-19(2)22-12-14-23(15-13-22)28(32(30,31)24-10-5-4-6-11-24)18-25(29)27-26-17-21-9-7-8-20(3)16-21/h4-17,19H,18H2,1-3H3,(H,27,29)/b26-17-. The molecule has 3 aromatic carbocycles. The average Bonchev–Trinajstić information content (AvgIpc) is 2.78. The minimum atomic E-state index is -3.94. The molecule has 0 atom stereocenters. The van der Waals surface area contributed by atoms with Crippen LogP contribution in [0, 0.1) is 6.92 Å². The molecule has 0 aliphatic heterocycles. The SMILES string of the molecule is Cc1cccc(/C=N\NC(=O)CN(c2ccc(C(C)C)cc2)S(=O)(=O)c2ccccc2)c1. The second kappa shape index (κ2) is 10.2. The Morgan fingerprint density at radius 3 is 2.31 bits per heavy atom. The zero-order valence-corrected chi connectivity index (χ0v) is 19.2. The number of nitrogens with zero attached hydrogens (tertiary/aromatic N) is 2. The fraction of sp³-hybridized carbons (Fsp3) is 0.200. The van der Waals surface area contributed by atoms with Gasteiger partial charge in [0.25, 0.3) is 15.9 Å². The van der Waals surface area contributed by atoms with Crippen LogP contribution in [0.3, 0.4) is 0 Å². The summed E-state index contributed by atoms with van der Waals surface area (Å²) >= 11 is 0. The maximum Gasteiger partial charge on any atom is 0.264 e. The molecule has 0 aromatic heterocycles. The topological polar surface area (TPSA) is 78.8 Å². The van der Waals surface area contributed by atoms with Crippen molar-refractivity contribution in [1.29, 1.82) is 0 Å². The molecule has 166 valence electrons. The van der Waals surface area contributed by atoms with Crippen LogP contribution in [-0.4, -0.2) is 27.1 Å². The van der Waals surface area contributed by atoms with E-state index in [-0.39, 0.29) is 4.90 Å². The quantitative estimate of drug-likeness (QED) is 0.407. The Hall–Kier alpha value is -3.45. The van der Waals surface area contributed by atoms with Crippen molar-refractivity contribution in [3.8, 4) is 0 Å². The number of amides is 1. The lowest BCUT2D eigenvalue weighted by atomic mass is 10.0. The first-order chi connectivity index (χ1) is 15.3. The zero-order chi connectivity index (χ0) is 23.1. The Kier molecular flexibility index (Phi) is 7.43. The average molecular weight is 450 g/mol. The number of anilines is 1. The maximum atomic E-state index is 13.3. The summed E-state index contributed by atoms with van der Waals surface area (Å²) in [5, 5.41) is 3.98. The van der Waals surface area contributed by atoms with Gasteiger partial charge in [0.05, 0.1) is 16.8 Å². The van der Waals surface area contributed by atoms with Gasteiger partial charge < -0.3 is 0 Å². The molecular weight excluding hydrogens is 422 g/mol. The first kappa shape index (κ1) is 23.2. The van der Waals surface area contributed by atoms with Crippen LogP contribution in [0.25, 0.3) is 0 Å². The van der Waals surface area contributed by atoms with Crippen molar-refractivity contribution in [3.63, 3.8) is 0 Å². The molecule has 0 fully saturated rings. The minimum absolute atomic E-state index is 0.115. The third-order valence-electron chi connectivity index (χ3n) is 4.91. The molecule has 0 saturated carbocycles. The number of carbonyl (C=O) groups excluding carboxylic acids is 1. The summed E-state index contributed by atoms with van der Waals surface area (Å²) in [6, 6.07) is 22.9. The number of hydrogen-bond donors (Lipinski definition) is 1. The molecule has 0 radical (unpaired) electrons. The number of hydrazone groups is 1. The molecule has 3 aromatic rings. The molecule has 32 heavy (non-hydrogen) atoms. The van der Waals surface area contributed by atoms with Crippen molar-refractivity contribution in [2.45, 2.75) is 31.6 Å². The molecule has 0 saturated heterocycles. The molecule has 1 amide bonds. The molecule has 1 N–H and O–H groups in total. The van der Waals surface area contributed by atoms with E-state index in [1.54, 1.807) is 30.3 Å². The maximum absolute atomic E-state index is 13.3. The molecule has 0 heterocycles. The zero-order valence-electron chi connectivity index (χ0n) is 18.4. The van der Waals surface area contributed by atoms with Crippen LogP contribution >= 0.6 is 0 Å². The number of benzene rings is 3. The highest BCUT2D eigenvalue weighted by atomic mass is 32.2. The van der Waals surface area contributed by atoms with E-state index >= 15 is 0 Å². The summed E-state index contributed by atoms with van der Waals surface area (Å²) in [7, 11) is -3.94. The van der Waals surface area contributed by atoms with E-state index in [9.17, 15) is 13.2 Å². The highest BCUT2D eigenvalue weighted by Crippen LogP contribution is 2.25. The molecule has 0 aliphatic carbocycles. The molecular formula is C25H27N3O3S. The van der Waals surface area contributed by atoms with Crippen LogP contribution in [0.2, 0.25) is 0 Å². The van der Waals surface area contributed by atoms with Gasteiger partial charge >= 0.3 is 0 Å². The summed E-state index contributed by atoms with van der Waals surface area (Å²) < 4.78 is 27.8. The van der Waals surface area contributed by atoms with E-state index in [1.807, 2.05) is 43.3 Å². The highest BCUT2D eigenvalue weighted by molar-refractivity contribution is 7.92. The molecule has 0 spiro atoms. The Morgan fingerprint density at radius 1 is 1.00 bits per heavy atom. The number of rotatable bonds is 8. The predicted molar refractivity (Wildman–Crippen MR) is 128 cm³/mol. The number of carbonyl (C=O) groups is 1. The first-order valence-electron chi connectivity index (χ1n) is 10.3. The summed E-state index contributed by atoms with van der Waals surface area (Å²) in [4.78, 5) is 12.7. The summed E-state index contributed by atoms with van der Waals surface area (Å²) in [5.41, 5.74) is 5.83. The van der Waals surface area contributed by atoms with Crippen LogP contribution in [-0.2, 0) is 14.8 Å². The highest BCUT2D eigenvalue weighted by Gasteiger charge is 2.27. The number of aryl methyl sites for hydroxylation is 1. The molecule has 0 bridgehead atoms. The van der Waals surface area contributed by atoms with Gasteiger partial charge in [-0.05, 0) is 48.2 Å². The second-order valence-corrected chi connectivity index (χ2v) is 9.64. The van der Waals surface area contributed by atoms with E-state index in [4.69, 9.17) is 0 Å². The van der Waals surface area contributed by atoms with Crippen molar-refractivity contribution in [3.05, 3.63) is 95.6 Å². The normalized spacial score (nSPS) is 11.6. The third kappa shape index (κ3) is 5.82. The van der Waals surface area contributed by atoms with Crippen LogP contribution in [0.1, 0.15) is 36.5 Å². The van der Waals surface area contributed by atoms with E-state index in [0.717, 1.165) is 21.0 Å². The molecule has 0 unspecified atom stereocenters. The number of hydrogen-bond acceptors (Lipinski definition) is 4. The van der Waals surface area contributed by atoms with Crippen molar-refractivity contribution < 1.29 is 13.2 Å². The Morgan fingerprint density at radius 2 is 1.69 bits per heavy atom. The van der Waals surface area contributed by atoms with Gasteiger partial charge in [-0.3, -0.25) is 9.10 Å². The fourth-order valence-electron chi connectivity index (χ4n) is 3.16. The summed E-state index contributed by atoms with van der Waals surface area (Å²) in [6.45, 7) is 5.69. The van der Waals surface area contributed by atoms with Gasteiger partial charge in [0.2, 0.25) is 0 Å². The van der Waals surface area contributed by atoms with Gasteiger partial charge in [0.1, 0.15) is 6.54 Å². The Bertz CT molecular complexity index is 1190.